The third kappa shape index (κ3) is 3.88. The van der Waals surface area contributed by atoms with Gasteiger partial charge in [0.1, 0.15) is 11.3 Å². The van der Waals surface area contributed by atoms with Gasteiger partial charge in [-0.2, -0.15) is 28.5 Å². The molecule has 0 fully saturated rings. The van der Waals surface area contributed by atoms with Gasteiger partial charge in [-0.05, 0) is 18.2 Å². The van der Waals surface area contributed by atoms with E-state index in [0.29, 0.717) is 4.68 Å². The van der Waals surface area contributed by atoms with Crippen LogP contribution in [0.5, 0.6) is 0 Å². The molecule has 0 aliphatic carbocycles. The fourth-order valence-corrected chi connectivity index (χ4v) is 3.55. The largest absolute Gasteiger partial charge is 0.434 e. The lowest BCUT2D eigenvalue weighted by molar-refractivity contribution is -0.143. The average Bonchev–Trinajstić information content (AvgIpc) is 3.54. The van der Waals surface area contributed by atoms with Crippen molar-refractivity contribution in [3.8, 4) is 11.5 Å². The number of carbonyl (C=O) groups excluding carboxylic acids is 1. The first-order chi connectivity index (χ1) is 17.3. The normalized spacial score (nSPS) is 11.4. The lowest BCUT2D eigenvalue weighted by Crippen LogP contribution is -2.21. The van der Waals surface area contributed by atoms with Crippen LogP contribution in [0.4, 0.5) is 28.9 Å². The standard InChI is InChI=1S/C22H11F4N9O/c1-27-16-9-12(10-29-20(16)35-30-7-8-31-35)33-21(36)14-11-32-34(19(14)22(24,25)26)17-5-6-28-18-13(17)3-2-4-15(18)23/h2-11H,(H,33,36). The minimum atomic E-state index is -5.00. The lowest BCUT2D eigenvalue weighted by Gasteiger charge is -2.14. The Labute approximate surface area is 198 Å². The van der Waals surface area contributed by atoms with Gasteiger partial charge in [-0.1, -0.05) is 12.1 Å². The van der Waals surface area contributed by atoms with Gasteiger partial charge in [0.05, 0.1) is 42.6 Å². The van der Waals surface area contributed by atoms with Gasteiger partial charge in [0, 0.05) is 17.3 Å². The number of alkyl halides is 3. The van der Waals surface area contributed by atoms with Gasteiger partial charge in [-0.15, -0.1) is 4.80 Å². The van der Waals surface area contributed by atoms with Crippen molar-refractivity contribution in [2.75, 3.05) is 5.32 Å². The van der Waals surface area contributed by atoms with Gasteiger partial charge in [0.25, 0.3) is 5.91 Å². The van der Waals surface area contributed by atoms with Crippen molar-refractivity contribution in [3.63, 3.8) is 0 Å². The van der Waals surface area contributed by atoms with Gasteiger partial charge in [0.15, 0.2) is 11.5 Å². The van der Waals surface area contributed by atoms with Crippen molar-refractivity contribution in [3.05, 3.63) is 89.8 Å². The molecule has 0 spiro atoms. The van der Waals surface area contributed by atoms with Crippen molar-refractivity contribution in [1.29, 1.82) is 0 Å². The molecule has 4 aromatic heterocycles. The summed E-state index contributed by atoms with van der Waals surface area (Å²) in [5.41, 5.74) is -2.48. The summed E-state index contributed by atoms with van der Waals surface area (Å²) in [5, 5.41) is 13.9. The maximum atomic E-state index is 14.2. The molecule has 14 heteroatoms. The lowest BCUT2D eigenvalue weighted by atomic mass is 10.1. The second kappa shape index (κ2) is 8.55. The third-order valence-electron chi connectivity index (χ3n) is 5.04. The van der Waals surface area contributed by atoms with E-state index < -0.39 is 29.2 Å². The summed E-state index contributed by atoms with van der Waals surface area (Å²) >= 11 is 0. The Morgan fingerprint density at radius 3 is 2.53 bits per heavy atom. The maximum absolute atomic E-state index is 14.2. The highest BCUT2D eigenvalue weighted by molar-refractivity contribution is 6.05. The number of fused-ring (bicyclic) bond motifs is 1. The molecule has 5 rings (SSSR count). The molecule has 0 bridgehead atoms. The highest BCUT2D eigenvalue weighted by Gasteiger charge is 2.41. The SMILES string of the molecule is [C-]#[N+]c1cc(NC(=O)c2cnn(-c3ccnc4c(F)cccc34)c2C(F)(F)F)cnc1-n1nccn1. The first-order valence-electron chi connectivity index (χ1n) is 10.0. The van der Waals surface area contributed by atoms with E-state index in [0.717, 1.165) is 29.5 Å². The smallest absolute Gasteiger partial charge is 0.322 e. The Morgan fingerprint density at radius 1 is 1.03 bits per heavy atom. The summed E-state index contributed by atoms with van der Waals surface area (Å²) in [7, 11) is 0. The Hall–Kier alpha value is -5.19. The molecule has 1 N–H and O–H groups in total. The predicted molar refractivity (Wildman–Crippen MR) is 117 cm³/mol. The average molecular weight is 493 g/mol. The van der Waals surface area contributed by atoms with E-state index in [9.17, 15) is 22.4 Å². The Bertz CT molecular complexity index is 1650. The molecule has 1 amide bonds. The molecule has 178 valence electrons. The topological polar surface area (TPSA) is 108 Å². The van der Waals surface area contributed by atoms with Crippen LogP contribution in [-0.4, -0.2) is 40.6 Å². The van der Waals surface area contributed by atoms with Crippen molar-refractivity contribution >= 4 is 28.2 Å². The van der Waals surface area contributed by atoms with Gasteiger partial charge in [-0.25, -0.2) is 18.9 Å². The van der Waals surface area contributed by atoms with Crippen molar-refractivity contribution in [2.45, 2.75) is 6.18 Å². The summed E-state index contributed by atoms with van der Waals surface area (Å²) in [6.07, 6.45) is 0.818. The Morgan fingerprint density at radius 2 is 1.81 bits per heavy atom. The van der Waals surface area contributed by atoms with E-state index in [2.05, 4.69) is 35.4 Å². The molecular weight excluding hydrogens is 482 g/mol. The number of nitrogens with one attached hydrogen (secondary N) is 1. The molecule has 0 saturated heterocycles. The number of halogens is 4. The third-order valence-corrected chi connectivity index (χ3v) is 5.04. The molecule has 5 aromatic rings. The van der Waals surface area contributed by atoms with E-state index in [-0.39, 0.29) is 33.8 Å². The highest BCUT2D eigenvalue weighted by Crippen LogP contribution is 2.35. The number of hydrogen-bond donors (Lipinski definition) is 1. The van der Waals surface area contributed by atoms with Gasteiger partial charge >= 0.3 is 6.18 Å². The molecular formula is C22H11F4N9O. The van der Waals surface area contributed by atoms with Gasteiger partial charge < -0.3 is 5.32 Å². The number of amides is 1. The van der Waals surface area contributed by atoms with Crippen LogP contribution in [0.2, 0.25) is 0 Å². The first-order valence-corrected chi connectivity index (χ1v) is 10.0. The Kier molecular flexibility index (Phi) is 5.36. The van der Waals surface area contributed by atoms with E-state index in [4.69, 9.17) is 6.57 Å². The monoisotopic (exact) mass is 493 g/mol. The molecule has 1 aromatic carbocycles. The number of aromatic nitrogens is 7. The number of benzene rings is 1. The second-order valence-corrected chi connectivity index (χ2v) is 7.23. The van der Waals surface area contributed by atoms with E-state index in [1.54, 1.807) is 0 Å². The van der Waals surface area contributed by atoms with Crippen LogP contribution in [0, 0.1) is 12.4 Å². The number of hydrogen-bond acceptors (Lipinski definition) is 6. The van der Waals surface area contributed by atoms with E-state index in [1.807, 2.05) is 0 Å². The van der Waals surface area contributed by atoms with Crippen LogP contribution < -0.4 is 5.32 Å². The zero-order valence-corrected chi connectivity index (χ0v) is 17.8. The minimum absolute atomic E-state index is 0.0285. The van der Waals surface area contributed by atoms with Crippen LogP contribution in [-0.2, 0) is 6.18 Å². The summed E-state index contributed by atoms with van der Waals surface area (Å²) < 4.78 is 57.1. The number of carbonyl (C=O) groups is 1. The van der Waals surface area contributed by atoms with Crippen LogP contribution in [0.15, 0.2) is 61.3 Å². The van der Waals surface area contributed by atoms with Crippen LogP contribution in [0.1, 0.15) is 16.1 Å². The Balaban J connectivity index is 1.55. The quantitative estimate of drug-likeness (QED) is 0.295. The molecule has 0 aliphatic rings. The molecule has 0 radical (unpaired) electrons. The minimum Gasteiger partial charge on any atom is -0.322 e. The number of rotatable bonds is 4. The molecule has 4 heterocycles. The molecule has 0 unspecified atom stereocenters. The van der Waals surface area contributed by atoms with Crippen LogP contribution in [0.25, 0.3) is 27.3 Å². The number of para-hydroxylation sites is 1. The number of anilines is 1. The number of nitrogens with zero attached hydrogens (tertiary/aromatic N) is 8. The first kappa shape index (κ1) is 22.6. The predicted octanol–water partition coefficient (Wildman–Crippen LogP) is 4.36. The second-order valence-electron chi connectivity index (χ2n) is 7.23. The highest BCUT2D eigenvalue weighted by atomic mass is 19.4. The van der Waals surface area contributed by atoms with Crippen molar-refractivity contribution in [2.24, 2.45) is 0 Å². The fraction of sp³-hybridized carbons (Fsp3) is 0.0455. The summed E-state index contributed by atoms with van der Waals surface area (Å²) in [4.78, 5) is 25.2. The summed E-state index contributed by atoms with van der Waals surface area (Å²) in [6, 6.07) is 6.32. The molecule has 36 heavy (non-hydrogen) atoms. The van der Waals surface area contributed by atoms with Crippen LogP contribution in [0.3, 0.4) is 0 Å². The summed E-state index contributed by atoms with van der Waals surface area (Å²) in [6.45, 7) is 7.34. The van der Waals surface area contributed by atoms with Crippen molar-refractivity contribution < 1.29 is 22.4 Å². The van der Waals surface area contributed by atoms with Crippen LogP contribution >= 0.6 is 0 Å². The zero-order valence-electron chi connectivity index (χ0n) is 17.8. The van der Waals surface area contributed by atoms with E-state index in [1.165, 1.54) is 36.7 Å². The van der Waals surface area contributed by atoms with E-state index >= 15 is 0 Å². The molecule has 0 saturated carbocycles. The fourth-order valence-electron chi connectivity index (χ4n) is 3.55. The number of pyridine rings is 2. The van der Waals surface area contributed by atoms with Crippen molar-refractivity contribution in [1.82, 2.24) is 34.7 Å². The molecule has 0 atom stereocenters. The summed E-state index contributed by atoms with van der Waals surface area (Å²) in [5.74, 6) is -1.78. The maximum Gasteiger partial charge on any atom is 0.434 e. The van der Waals surface area contributed by atoms with Gasteiger partial charge in [-0.3, -0.25) is 9.78 Å². The molecule has 10 nitrogen and oxygen atoms in total. The molecule has 0 aliphatic heterocycles. The zero-order chi connectivity index (χ0) is 25.4. The van der Waals surface area contributed by atoms with Gasteiger partial charge in [0.2, 0.25) is 5.69 Å².